The van der Waals surface area contributed by atoms with Gasteiger partial charge in [0, 0.05) is 0 Å². The molecule has 0 bridgehead atoms. The third-order valence-electron chi connectivity index (χ3n) is 3.15. The van der Waals surface area contributed by atoms with E-state index in [-0.39, 0.29) is 0 Å². The number of rotatable bonds is 7. The summed E-state index contributed by atoms with van der Waals surface area (Å²) in [4.78, 5) is 0. The van der Waals surface area contributed by atoms with Gasteiger partial charge < -0.3 is 4.42 Å². The minimum atomic E-state index is 0.802. The average Bonchev–Trinajstić information content (AvgIpc) is 2.73. The maximum Gasteiger partial charge on any atom is 0.130 e. The summed E-state index contributed by atoms with van der Waals surface area (Å²) in [6.07, 6.45) is 9.00. The second-order valence-electron chi connectivity index (χ2n) is 5.47. The SMILES string of the molecule is C=C/C(=C\c1oc(C)cc1C)CCCCC(C)C.CC. The van der Waals surface area contributed by atoms with Crippen LogP contribution in [0.2, 0.25) is 0 Å². The lowest BCUT2D eigenvalue weighted by Gasteiger charge is -2.05. The molecule has 0 radical (unpaired) electrons. The van der Waals surface area contributed by atoms with Crippen LogP contribution in [0.5, 0.6) is 0 Å². The van der Waals surface area contributed by atoms with Crippen molar-refractivity contribution in [3.8, 4) is 0 Å². The van der Waals surface area contributed by atoms with E-state index in [4.69, 9.17) is 4.42 Å². The minimum absolute atomic E-state index is 0.802. The summed E-state index contributed by atoms with van der Waals surface area (Å²) in [6, 6.07) is 2.07. The lowest BCUT2D eigenvalue weighted by Crippen LogP contribution is -1.88. The molecule has 0 amide bonds. The number of furan rings is 1. The fourth-order valence-corrected chi connectivity index (χ4v) is 2.09. The van der Waals surface area contributed by atoms with Gasteiger partial charge in [0.15, 0.2) is 0 Å². The lowest BCUT2D eigenvalue weighted by atomic mass is 10.0. The van der Waals surface area contributed by atoms with Crippen LogP contribution in [0.25, 0.3) is 6.08 Å². The van der Waals surface area contributed by atoms with Gasteiger partial charge >= 0.3 is 0 Å². The Morgan fingerprint density at radius 1 is 1.25 bits per heavy atom. The zero-order valence-corrected chi connectivity index (χ0v) is 14.3. The van der Waals surface area contributed by atoms with Gasteiger partial charge in [-0.05, 0) is 55.9 Å². The summed E-state index contributed by atoms with van der Waals surface area (Å²) in [6.45, 7) is 16.5. The molecule has 1 nitrogen and oxygen atoms in total. The molecule has 114 valence electrons. The van der Waals surface area contributed by atoms with E-state index in [0.29, 0.717) is 0 Å². The summed E-state index contributed by atoms with van der Waals surface area (Å²) in [7, 11) is 0. The maximum absolute atomic E-state index is 5.67. The highest BCUT2D eigenvalue weighted by Crippen LogP contribution is 2.20. The van der Waals surface area contributed by atoms with Crippen molar-refractivity contribution in [2.24, 2.45) is 5.92 Å². The minimum Gasteiger partial charge on any atom is -0.462 e. The number of allylic oxidation sites excluding steroid dienone is 2. The van der Waals surface area contributed by atoms with E-state index in [0.717, 1.165) is 23.9 Å². The van der Waals surface area contributed by atoms with E-state index in [2.05, 4.69) is 39.5 Å². The van der Waals surface area contributed by atoms with Gasteiger partial charge in [-0.1, -0.05) is 53.2 Å². The lowest BCUT2D eigenvalue weighted by molar-refractivity contribution is 0.522. The van der Waals surface area contributed by atoms with Gasteiger partial charge in [-0.15, -0.1) is 0 Å². The van der Waals surface area contributed by atoms with E-state index in [1.165, 1.54) is 30.4 Å². The van der Waals surface area contributed by atoms with Crippen LogP contribution < -0.4 is 0 Å². The van der Waals surface area contributed by atoms with E-state index >= 15 is 0 Å². The summed E-state index contributed by atoms with van der Waals surface area (Å²) in [5, 5.41) is 0. The van der Waals surface area contributed by atoms with Crippen LogP contribution in [0.15, 0.2) is 28.7 Å². The first-order valence-electron chi connectivity index (χ1n) is 7.93. The highest BCUT2D eigenvalue weighted by atomic mass is 16.3. The topological polar surface area (TPSA) is 13.1 Å². The van der Waals surface area contributed by atoms with Gasteiger partial charge in [0.05, 0.1) is 0 Å². The summed E-state index contributed by atoms with van der Waals surface area (Å²) in [5.74, 6) is 2.75. The van der Waals surface area contributed by atoms with Crippen molar-refractivity contribution in [2.75, 3.05) is 0 Å². The molecule has 1 rings (SSSR count). The fraction of sp³-hybridized carbons (Fsp3) is 0.579. The third-order valence-corrected chi connectivity index (χ3v) is 3.15. The summed E-state index contributed by atoms with van der Waals surface area (Å²) in [5.41, 5.74) is 2.48. The van der Waals surface area contributed by atoms with Crippen molar-refractivity contribution in [1.82, 2.24) is 0 Å². The molecule has 1 aromatic heterocycles. The van der Waals surface area contributed by atoms with Crippen LogP contribution in [-0.2, 0) is 0 Å². The van der Waals surface area contributed by atoms with Crippen LogP contribution in [0.3, 0.4) is 0 Å². The van der Waals surface area contributed by atoms with Gasteiger partial charge in [0.1, 0.15) is 11.5 Å². The molecular formula is C19H32O. The van der Waals surface area contributed by atoms with Crippen molar-refractivity contribution in [2.45, 2.75) is 67.2 Å². The molecular weight excluding hydrogens is 244 g/mol. The highest BCUT2D eigenvalue weighted by molar-refractivity contribution is 5.54. The number of hydrogen-bond donors (Lipinski definition) is 0. The van der Waals surface area contributed by atoms with Crippen molar-refractivity contribution < 1.29 is 4.42 Å². The molecule has 1 aromatic rings. The second-order valence-corrected chi connectivity index (χ2v) is 5.47. The smallest absolute Gasteiger partial charge is 0.130 e. The molecule has 1 heteroatoms. The first-order valence-corrected chi connectivity index (χ1v) is 7.93. The van der Waals surface area contributed by atoms with Crippen LogP contribution in [0.1, 0.15) is 70.5 Å². The van der Waals surface area contributed by atoms with E-state index in [9.17, 15) is 0 Å². The Kier molecular flexibility index (Phi) is 9.88. The fourth-order valence-electron chi connectivity index (χ4n) is 2.09. The number of unbranched alkanes of at least 4 members (excludes halogenated alkanes) is 1. The predicted molar refractivity (Wildman–Crippen MR) is 91.0 cm³/mol. The summed E-state index contributed by atoms with van der Waals surface area (Å²) < 4.78 is 5.67. The maximum atomic E-state index is 5.67. The van der Waals surface area contributed by atoms with E-state index < -0.39 is 0 Å². The van der Waals surface area contributed by atoms with E-state index in [1.807, 2.05) is 26.8 Å². The zero-order chi connectivity index (χ0) is 15.5. The molecule has 0 saturated carbocycles. The molecule has 0 atom stereocenters. The molecule has 0 aliphatic rings. The first-order chi connectivity index (χ1) is 9.52. The molecule has 1 heterocycles. The highest BCUT2D eigenvalue weighted by Gasteiger charge is 2.03. The number of hydrogen-bond acceptors (Lipinski definition) is 1. The van der Waals surface area contributed by atoms with Crippen molar-refractivity contribution >= 4 is 6.08 Å². The monoisotopic (exact) mass is 276 g/mol. The standard InChI is InChI=1S/C17H26O.C2H6/c1-6-16(10-8-7-9-13(2)3)12-17-14(4)11-15(5)18-17;1-2/h6,11-13H,1,7-10H2,2-5H3;1-2H3/b16-12+;. The Morgan fingerprint density at radius 2 is 1.90 bits per heavy atom. The van der Waals surface area contributed by atoms with Crippen LogP contribution in [0.4, 0.5) is 0 Å². The Bertz CT molecular complexity index is 407. The molecule has 0 spiro atoms. The molecule has 0 N–H and O–H groups in total. The normalized spacial score (nSPS) is 11.2. The van der Waals surface area contributed by atoms with Gasteiger partial charge in [-0.25, -0.2) is 0 Å². The van der Waals surface area contributed by atoms with Crippen LogP contribution in [-0.4, -0.2) is 0 Å². The van der Waals surface area contributed by atoms with Gasteiger partial charge in [0.2, 0.25) is 0 Å². The molecule has 20 heavy (non-hydrogen) atoms. The molecule has 0 saturated heterocycles. The molecule has 0 unspecified atom stereocenters. The van der Waals surface area contributed by atoms with E-state index in [1.54, 1.807) is 0 Å². The zero-order valence-electron chi connectivity index (χ0n) is 14.3. The van der Waals surface area contributed by atoms with Crippen molar-refractivity contribution in [3.63, 3.8) is 0 Å². The summed E-state index contributed by atoms with van der Waals surface area (Å²) >= 11 is 0. The average molecular weight is 276 g/mol. The quantitative estimate of drug-likeness (QED) is 0.398. The van der Waals surface area contributed by atoms with Gasteiger partial charge in [0.25, 0.3) is 0 Å². The number of aryl methyl sites for hydroxylation is 2. The molecule has 0 aliphatic carbocycles. The van der Waals surface area contributed by atoms with Gasteiger partial charge in [-0.3, -0.25) is 0 Å². The van der Waals surface area contributed by atoms with Crippen molar-refractivity contribution in [1.29, 1.82) is 0 Å². The first kappa shape index (κ1) is 18.8. The third kappa shape index (κ3) is 7.37. The Morgan fingerprint density at radius 3 is 2.35 bits per heavy atom. The Labute approximate surface area is 125 Å². The Balaban J connectivity index is 0.00000172. The van der Waals surface area contributed by atoms with Crippen LogP contribution in [0, 0.1) is 19.8 Å². The Hall–Kier alpha value is -1.24. The van der Waals surface area contributed by atoms with Crippen LogP contribution >= 0.6 is 0 Å². The second kappa shape index (κ2) is 10.5. The predicted octanol–water partition coefficient (Wildman–Crippen LogP) is 6.71. The van der Waals surface area contributed by atoms with Crippen molar-refractivity contribution in [3.05, 3.63) is 41.4 Å². The molecule has 0 aromatic carbocycles. The molecule has 0 aliphatic heterocycles. The largest absolute Gasteiger partial charge is 0.462 e. The van der Waals surface area contributed by atoms with Gasteiger partial charge in [-0.2, -0.15) is 0 Å². The molecule has 0 fully saturated rings.